The average molecular weight is 421 g/mol. The number of hydrogen-bond donors (Lipinski definition) is 2. The summed E-state index contributed by atoms with van der Waals surface area (Å²) in [5.41, 5.74) is 13.2. The maximum atomic E-state index is 6.04. The van der Waals surface area contributed by atoms with Crippen molar-refractivity contribution in [3.8, 4) is 5.88 Å². The van der Waals surface area contributed by atoms with Crippen LogP contribution < -0.4 is 16.2 Å². The molecular weight excluding hydrogens is 387 g/mol. The summed E-state index contributed by atoms with van der Waals surface area (Å²) >= 11 is 0. The number of anilines is 1. The first kappa shape index (κ1) is 25.7. The van der Waals surface area contributed by atoms with Crippen LogP contribution in [0.4, 0.5) is 5.82 Å². The molecule has 156 valence electrons. The molecule has 0 bridgehead atoms. The van der Waals surface area contributed by atoms with Gasteiger partial charge in [-0.1, -0.05) is 26.2 Å². The van der Waals surface area contributed by atoms with E-state index in [1.807, 2.05) is 13.8 Å². The van der Waals surface area contributed by atoms with E-state index in [0.29, 0.717) is 17.2 Å². The van der Waals surface area contributed by atoms with Crippen molar-refractivity contribution in [2.45, 2.75) is 78.4 Å². The summed E-state index contributed by atoms with van der Waals surface area (Å²) in [5.74, 6) is 1.94. The van der Waals surface area contributed by atoms with Crippen LogP contribution in [0.1, 0.15) is 65.1 Å². The zero-order valence-corrected chi connectivity index (χ0v) is 18.2. The van der Waals surface area contributed by atoms with E-state index in [0.717, 1.165) is 69.4 Å². The van der Waals surface area contributed by atoms with E-state index >= 15 is 0 Å². The van der Waals surface area contributed by atoms with Crippen LogP contribution in [-0.4, -0.2) is 32.4 Å². The van der Waals surface area contributed by atoms with Crippen molar-refractivity contribution in [3.63, 3.8) is 0 Å². The van der Waals surface area contributed by atoms with E-state index in [9.17, 15) is 0 Å². The summed E-state index contributed by atoms with van der Waals surface area (Å²) in [4.78, 5) is 4.77. The lowest BCUT2D eigenvalue weighted by Gasteiger charge is -2.13. The third-order valence-electron chi connectivity index (χ3n) is 4.18. The van der Waals surface area contributed by atoms with Gasteiger partial charge in [-0.25, -0.2) is 4.98 Å². The molecule has 2 aromatic rings. The maximum absolute atomic E-state index is 6.04. The lowest BCUT2D eigenvalue weighted by atomic mass is 10.2. The smallest absolute Gasteiger partial charge is 0.260 e. The van der Waals surface area contributed by atoms with Crippen molar-refractivity contribution in [1.29, 1.82) is 0 Å². The van der Waals surface area contributed by atoms with Crippen LogP contribution in [0.2, 0.25) is 0 Å². The van der Waals surface area contributed by atoms with Crippen LogP contribution >= 0.6 is 24.8 Å². The molecule has 27 heavy (non-hydrogen) atoms. The second-order valence-electron chi connectivity index (χ2n) is 6.74. The van der Waals surface area contributed by atoms with Gasteiger partial charge in [-0.15, -0.1) is 35.0 Å². The number of aryl methyl sites for hydroxylation is 2. The van der Waals surface area contributed by atoms with Gasteiger partial charge in [-0.05, 0) is 39.7 Å². The van der Waals surface area contributed by atoms with E-state index in [1.54, 1.807) is 0 Å². The van der Waals surface area contributed by atoms with Gasteiger partial charge in [0.15, 0.2) is 5.82 Å². The molecule has 0 amide bonds. The molecule has 0 atom stereocenters. The van der Waals surface area contributed by atoms with Gasteiger partial charge in [0.2, 0.25) is 0 Å². The molecule has 0 aliphatic rings. The molecule has 7 nitrogen and oxygen atoms in total. The minimum absolute atomic E-state index is 0. The number of unbranched alkanes of at least 4 members (excludes halogenated alkanes) is 4. The van der Waals surface area contributed by atoms with E-state index in [4.69, 9.17) is 21.2 Å². The Bertz CT molecular complexity index is 677. The van der Waals surface area contributed by atoms with Gasteiger partial charge >= 0.3 is 0 Å². The van der Waals surface area contributed by atoms with Crippen molar-refractivity contribution in [2.75, 3.05) is 12.3 Å². The predicted octanol–water partition coefficient (Wildman–Crippen LogP) is 3.90. The summed E-state index contributed by atoms with van der Waals surface area (Å²) < 4.78 is 8.11. The Morgan fingerprint density at radius 3 is 2.37 bits per heavy atom. The predicted molar refractivity (Wildman–Crippen MR) is 116 cm³/mol. The number of halogens is 2. The van der Waals surface area contributed by atoms with Crippen LogP contribution in [0.15, 0.2) is 0 Å². The number of nitrogen functional groups attached to an aromatic ring is 1. The summed E-state index contributed by atoms with van der Waals surface area (Å²) in [6.07, 6.45) is 7.63. The summed E-state index contributed by atoms with van der Waals surface area (Å²) in [6, 6.07) is 0. The molecule has 0 fully saturated rings. The van der Waals surface area contributed by atoms with Gasteiger partial charge in [0.1, 0.15) is 16.9 Å². The molecule has 2 heterocycles. The van der Waals surface area contributed by atoms with Gasteiger partial charge in [0, 0.05) is 13.0 Å². The molecule has 0 saturated carbocycles. The minimum Gasteiger partial charge on any atom is -0.472 e. The molecular formula is C18H34Cl2N6O. The number of rotatable bonds is 11. The molecule has 2 aromatic heterocycles. The molecule has 0 unspecified atom stereocenters. The van der Waals surface area contributed by atoms with Gasteiger partial charge in [0.25, 0.3) is 5.88 Å². The van der Waals surface area contributed by atoms with Gasteiger partial charge in [0.05, 0.1) is 6.10 Å². The van der Waals surface area contributed by atoms with E-state index in [1.165, 1.54) is 0 Å². The fourth-order valence-corrected chi connectivity index (χ4v) is 2.93. The number of nitrogens with zero attached hydrogens (tertiary/aromatic N) is 4. The van der Waals surface area contributed by atoms with Gasteiger partial charge in [-0.3, -0.25) is 0 Å². The third kappa shape index (κ3) is 6.97. The molecule has 4 N–H and O–H groups in total. The molecule has 0 aromatic carbocycles. The van der Waals surface area contributed by atoms with E-state index in [2.05, 4.69) is 21.7 Å². The maximum Gasteiger partial charge on any atom is 0.260 e. The zero-order valence-electron chi connectivity index (χ0n) is 16.6. The Kier molecular flexibility index (Phi) is 12.3. The Labute approximate surface area is 174 Å². The first-order chi connectivity index (χ1) is 12.1. The lowest BCUT2D eigenvalue weighted by molar-refractivity contribution is 0.232. The average Bonchev–Trinajstić information content (AvgIpc) is 2.95. The molecule has 9 heteroatoms. The normalized spacial score (nSPS) is 10.7. The Morgan fingerprint density at radius 2 is 1.74 bits per heavy atom. The Morgan fingerprint density at radius 1 is 1.04 bits per heavy atom. The summed E-state index contributed by atoms with van der Waals surface area (Å²) in [6.45, 7) is 7.79. The first-order valence-corrected chi connectivity index (χ1v) is 9.46. The van der Waals surface area contributed by atoms with Crippen molar-refractivity contribution < 1.29 is 4.74 Å². The topological polar surface area (TPSA) is 105 Å². The number of aromatic nitrogens is 4. The molecule has 0 aliphatic heterocycles. The summed E-state index contributed by atoms with van der Waals surface area (Å²) in [7, 11) is 0. The lowest BCUT2D eigenvalue weighted by Crippen LogP contribution is -2.11. The standard InChI is InChI=1S/C18H32N6O.2ClH/c1-4-5-10-14-21-15-16(24(14)12-9-7-6-8-11-19)18(25-13(2)3)23-22-17(15)20;;/h13H,4-12,19H2,1-3H3,(H2,20,22);2*1H. The SMILES string of the molecule is CCCCc1nc2c(N)nnc(OC(C)C)c2n1CCCCCCN.Cl.Cl. The molecule has 0 spiro atoms. The highest BCUT2D eigenvalue weighted by Gasteiger charge is 2.20. The number of nitrogens with two attached hydrogens (primary N) is 2. The van der Waals surface area contributed by atoms with E-state index in [-0.39, 0.29) is 30.9 Å². The Hall–Kier alpha value is -1.31. The van der Waals surface area contributed by atoms with Crippen molar-refractivity contribution in [1.82, 2.24) is 19.7 Å². The first-order valence-electron chi connectivity index (χ1n) is 9.46. The van der Waals surface area contributed by atoms with Crippen LogP contribution in [0.3, 0.4) is 0 Å². The second-order valence-corrected chi connectivity index (χ2v) is 6.74. The number of imidazole rings is 1. The highest BCUT2D eigenvalue weighted by atomic mass is 35.5. The zero-order chi connectivity index (χ0) is 18.2. The Balaban J connectivity index is 0.00000338. The minimum atomic E-state index is 0. The molecule has 0 radical (unpaired) electrons. The highest BCUT2D eigenvalue weighted by Crippen LogP contribution is 2.29. The van der Waals surface area contributed by atoms with Crippen LogP contribution in [0.5, 0.6) is 5.88 Å². The van der Waals surface area contributed by atoms with E-state index < -0.39 is 0 Å². The highest BCUT2D eigenvalue weighted by molar-refractivity contribution is 5.88. The second kappa shape index (κ2) is 13.0. The van der Waals surface area contributed by atoms with Gasteiger partial charge in [-0.2, -0.15) is 0 Å². The fourth-order valence-electron chi connectivity index (χ4n) is 2.93. The number of fused-ring (bicyclic) bond motifs is 1. The van der Waals surface area contributed by atoms with Crippen LogP contribution in [-0.2, 0) is 13.0 Å². The van der Waals surface area contributed by atoms with Crippen molar-refractivity contribution in [3.05, 3.63) is 5.82 Å². The fraction of sp³-hybridized carbons (Fsp3) is 0.722. The summed E-state index contributed by atoms with van der Waals surface area (Å²) in [5, 5.41) is 8.21. The monoisotopic (exact) mass is 420 g/mol. The van der Waals surface area contributed by atoms with Crippen LogP contribution in [0, 0.1) is 0 Å². The molecule has 2 rings (SSSR count). The number of hydrogen-bond acceptors (Lipinski definition) is 6. The van der Waals surface area contributed by atoms with Gasteiger partial charge < -0.3 is 20.8 Å². The quantitative estimate of drug-likeness (QED) is 0.533. The molecule has 0 saturated heterocycles. The largest absolute Gasteiger partial charge is 0.472 e. The van der Waals surface area contributed by atoms with Crippen molar-refractivity contribution in [2.24, 2.45) is 5.73 Å². The number of ether oxygens (including phenoxy) is 1. The van der Waals surface area contributed by atoms with Crippen LogP contribution in [0.25, 0.3) is 11.0 Å². The third-order valence-corrected chi connectivity index (χ3v) is 4.18. The molecule has 0 aliphatic carbocycles. The van der Waals surface area contributed by atoms with Crippen molar-refractivity contribution >= 4 is 41.7 Å².